The fraction of sp³-hybridized carbons (Fsp3) is 1.00. The molecule has 1 heteroatoms. The lowest BCUT2D eigenvalue weighted by Crippen LogP contribution is -2.06. The molecule has 0 unspecified atom stereocenters. The molecule has 0 saturated heterocycles. The molecule has 0 radical (unpaired) electrons. The Bertz CT molecular complexity index is 251. The second kappa shape index (κ2) is 26.0. The van der Waals surface area contributed by atoms with Gasteiger partial charge in [0.25, 0.3) is 0 Å². The normalized spacial score (nSPS) is 11.6. The SMILES string of the molecule is CCCCCCCCCCCCC(CCCN)CCCCCCCCCCCC. The molecule has 0 bridgehead atoms. The first-order chi connectivity index (χ1) is 14.3. The summed E-state index contributed by atoms with van der Waals surface area (Å²) < 4.78 is 0. The quantitative estimate of drug-likeness (QED) is 0.149. The van der Waals surface area contributed by atoms with Crippen LogP contribution in [0.25, 0.3) is 0 Å². The zero-order valence-corrected chi connectivity index (χ0v) is 20.8. The summed E-state index contributed by atoms with van der Waals surface area (Å²) in [5.41, 5.74) is 5.78. The number of rotatable bonds is 25. The fourth-order valence-corrected chi connectivity index (χ4v) is 4.68. The Morgan fingerprint density at radius 1 is 0.379 bits per heavy atom. The van der Waals surface area contributed by atoms with Gasteiger partial charge in [-0.15, -0.1) is 0 Å². The monoisotopic (exact) mass is 409 g/mol. The van der Waals surface area contributed by atoms with Crippen molar-refractivity contribution in [3.05, 3.63) is 0 Å². The molecule has 0 aromatic heterocycles. The third kappa shape index (κ3) is 24.1. The second-order valence-corrected chi connectivity index (χ2v) is 9.74. The van der Waals surface area contributed by atoms with Gasteiger partial charge in [-0.25, -0.2) is 0 Å². The van der Waals surface area contributed by atoms with Gasteiger partial charge in [-0.2, -0.15) is 0 Å². The molecule has 0 atom stereocenters. The van der Waals surface area contributed by atoms with E-state index in [4.69, 9.17) is 5.73 Å². The highest BCUT2D eigenvalue weighted by Gasteiger charge is 2.08. The summed E-state index contributed by atoms with van der Waals surface area (Å²) in [7, 11) is 0. The molecular formula is C28H59N. The largest absolute Gasteiger partial charge is 0.330 e. The molecule has 0 rings (SSSR count). The molecule has 0 spiro atoms. The molecule has 0 aliphatic carbocycles. The molecule has 0 fully saturated rings. The van der Waals surface area contributed by atoms with Crippen molar-refractivity contribution in [2.24, 2.45) is 11.7 Å². The smallest absolute Gasteiger partial charge is 0.00772 e. The maximum atomic E-state index is 5.78. The van der Waals surface area contributed by atoms with Crippen LogP contribution in [0.3, 0.4) is 0 Å². The molecule has 1 nitrogen and oxygen atoms in total. The van der Waals surface area contributed by atoms with Gasteiger partial charge >= 0.3 is 0 Å². The first kappa shape index (κ1) is 29.0. The molecule has 0 aromatic rings. The Hall–Kier alpha value is -0.0400. The van der Waals surface area contributed by atoms with Gasteiger partial charge in [0.05, 0.1) is 0 Å². The fourth-order valence-electron chi connectivity index (χ4n) is 4.68. The molecule has 0 saturated carbocycles. The zero-order valence-electron chi connectivity index (χ0n) is 20.8. The van der Waals surface area contributed by atoms with E-state index in [9.17, 15) is 0 Å². The molecular weight excluding hydrogens is 350 g/mol. The minimum absolute atomic E-state index is 0.882. The van der Waals surface area contributed by atoms with Crippen LogP contribution in [-0.4, -0.2) is 6.54 Å². The van der Waals surface area contributed by atoms with Crippen molar-refractivity contribution < 1.29 is 0 Å². The van der Waals surface area contributed by atoms with E-state index in [1.54, 1.807) is 0 Å². The average molecular weight is 410 g/mol. The van der Waals surface area contributed by atoms with Crippen molar-refractivity contribution in [3.8, 4) is 0 Å². The summed E-state index contributed by atoms with van der Waals surface area (Å²) in [6, 6.07) is 0. The van der Waals surface area contributed by atoms with E-state index < -0.39 is 0 Å². The highest BCUT2D eigenvalue weighted by molar-refractivity contribution is 4.62. The third-order valence-corrected chi connectivity index (χ3v) is 6.75. The second-order valence-electron chi connectivity index (χ2n) is 9.74. The number of hydrogen-bond acceptors (Lipinski definition) is 1. The van der Waals surface area contributed by atoms with Gasteiger partial charge in [-0.3, -0.25) is 0 Å². The Kier molecular flexibility index (Phi) is 26.0. The van der Waals surface area contributed by atoms with Gasteiger partial charge in [-0.05, 0) is 25.3 Å². The first-order valence-electron chi connectivity index (χ1n) is 14.0. The minimum atomic E-state index is 0.882. The van der Waals surface area contributed by atoms with Gasteiger partial charge in [0.15, 0.2) is 0 Å². The Labute approximate surface area is 186 Å². The van der Waals surface area contributed by atoms with E-state index in [-0.39, 0.29) is 0 Å². The van der Waals surface area contributed by atoms with E-state index in [0.717, 1.165) is 12.5 Å². The Morgan fingerprint density at radius 3 is 0.966 bits per heavy atom. The van der Waals surface area contributed by atoms with Crippen LogP contribution in [0.1, 0.15) is 168 Å². The average Bonchev–Trinajstić information content (AvgIpc) is 2.74. The maximum Gasteiger partial charge on any atom is -0.00772 e. The third-order valence-electron chi connectivity index (χ3n) is 6.75. The van der Waals surface area contributed by atoms with Gasteiger partial charge < -0.3 is 5.73 Å². The number of nitrogens with two attached hydrogens (primary N) is 1. The zero-order chi connectivity index (χ0) is 21.3. The predicted octanol–water partition coefficient (Wildman–Crippen LogP) is 9.96. The highest BCUT2D eigenvalue weighted by atomic mass is 14.5. The van der Waals surface area contributed by atoms with Crippen LogP contribution >= 0.6 is 0 Å². The lowest BCUT2D eigenvalue weighted by Gasteiger charge is -2.16. The van der Waals surface area contributed by atoms with Crippen LogP contribution in [0.4, 0.5) is 0 Å². The van der Waals surface area contributed by atoms with Crippen LogP contribution in [0.5, 0.6) is 0 Å². The van der Waals surface area contributed by atoms with Gasteiger partial charge in [-0.1, -0.05) is 155 Å². The van der Waals surface area contributed by atoms with E-state index in [0.29, 0.717) is 0 Å². The number of unbranched alkanes of at least 4 members (excludes halogenated alkanes) is 18. The topological polar surface area (TPSA) is 26.0 Å². The van der Waals surface area contributed by atoms with Crippen LogP contribution < -0.4 is 5.73 Å². The molecule has 2 N–H and O–H groups in total. The minimum Gasteiger partial charge on any atom is -0.330 e. The molecule has 0 amide bonds. The van der Waals surface area contributed by atoms with E-state index in [2.05, 4.69) is 13.8 Å². The Balaban J connectivity index is 3.52. The van der Waals surface area contributed by atoms with Crippen molar-refractivity contribution in [3.63, 3.8) is 0 Å². The van der Waals surface area contributed by atoms with Crippen molar-refractivity contribution in [1.82, 2.24) is 0 Å². The standard InChI is InChI=1S/C28H59N/c1-3-5-7-9-11-13-15-17-19-21-24-28(26-23-27-29)25-22-20-18-16-14-12-10-8-6-4-2/h28H,3-27,29H2,1-2H3. The van der Waals surface area contributed by atoms with Gasteiger partial charge in [0.1, 0.15) is 0 Å². The molecule has 29 heavy (non-hydrogen) atoms. The molecule has 0 heterocycles. The molecule has 0 aromatic carbocycles. The lowest BCUT2D eigenvalue weighted by atomic mass is 9.90. The van der Waals surface area contributed by atoms with Crippen LogP contribution in [0.15, 0.2) is 0 Å². The number of hydrogen-bond donors (Lipinski definition) is 1. The summed E-state index contributed by atoms with van der Waals surface area (Å²) in [5.74, 6) is 0.960. The van der Waals surface area contributed by atoms with Crippen molar-refractivity contribution in [1.29, 1.82) is 0 Å². The highest BCUT2D eigenvalue weighted by Crippen LogP contribution is 2.23. The summed E-state index contributed by atoms with van der Waals surface area (Å²) in [6.07, 6.45) is 34.6. The van der Waals surface area contributed by atoms with E-state index in [1.807, 2.05) is 0 Å². The van der Waals surface area contributed by atoms with Crippen LogP contribution in [0.2, 0.25) is 0 Å². The Morgan fingerprint density at radius 2 is 0.655 bits per heavy atom. The van der Waals surface area contributed by atoms with Crippen LogP contribution in [-0.2, 0) is 0 Å². The predicted molar refractivity (Wildman–Crippen MR) is 135 cm³/mol. The molecule has 176 valence electrons. The van der Waals surface area contributed by atoms with Crippen molar-refractivity contribution >= 4 is 0 Å². The van der Waals surface area contributed by atoms with Crippen molar-refractivity contribution in [2.75, 3.05) is 6.54 Å². The summed E-state index contributed by atoms with van der Waals surface area (Å²) in [4.78, 5) is 0. The van der Waals surface area contributed by atoms with Crippen molar-refractivity contribution in [2.45, 2.75) is 168 Å². The maximum absolute atomic E-state index is 5.78. The van der Waals surface area contributed by atoms with Crippen LogP contribution in [0, 0.1) is 5.92 Å². The lowest BCUT2D eigenvalue weighted by molar-refractivity contribution is 0.373. The molecule has 0 aliphatic rings. The van der Waals surface area contributed by atoms with Gasteiger partial charge in [0.2, 0.25) is 0 Å². The first-order valence-corrected chi connectivity index (χ1v) is 14.0. The van der Waals surface area contributed by atoms with E-state index >= 15 is 0 Å². The van der Waals surface area contributed by atoms with Gasteiger partial charge in [0, 0.05) is 0 Å². The summed E-state index contributed by atoms with van der Waals surface area (Å²) in [5, 5.41) is 0. The summed E-state index contributed by atoms with van der Waals surface area (Å²) >= 11 is 0. The summed E-state index contributed by atoms with van der Waals surface area (Å²) in [6.45, 7) is 5.49. The molecule has 0 aliphatic heterocycles. The van der Waals surface area contributed by atoms with E-state index in [1.165, 1.54) is 154 Å².